The first-order valence-electron chi connectivity index (χ1n) is 10.9. The number of carbonyl (C=O) groups excluding carboxylic acids is 4. The van der Waals surface area contributed by atoms with Gasteiger partial charge in [0, 0.05) is 6.42 Å². The number of nitrogens with one attached hydrogen (secondary N) is 3. The number of hydrogen-bond acceptors (Lipinski definition) is 5. The minimum absolute atomic E-state index is 0.194. The summed E-state index contributed by atoms with van der Waals surface area (Å²) >= 11 is 0. The lowest BCUT2D eigenvalue weighted by atomic mass is 10.1. The summed E-state index contributed by atoms with van der Waals surface area (Å²) in [4.78, 5) is 45.4. The van der Waals surface area contributed by atoms with E-state index in [1.807, 2.05) is 0 Å². The van der Waals surface area contributed by atoms with E-state index in [4.69, 9.17) is 5.11 Å². The van der Waals surface area contributed by atoms with Crippen LogP contribution in [-0.2, 0) is 19.2 Å². The van der Waals surface area contributed by atoms with Crippen LogP contribution in [0.25, 0.3) is 0 Å². The normalized spacial score (nSPS) is 11.5. The first kappa shape index (κ1) is 27.0. The van der Waals surface area contributed by atoms with Crippen molar-refractivity contribution >= 4 is 24.0 Å². The molecule has 0 fully saturated rings. The molecule has 0 unspecified atom stereocenters. The van der Waals surface area contributed by atoms with Gasteiger partial charge < -0.3 is 25.9 Å². The van der Waals surface area contributed by atoms with Gasteiger partial charge >= 0.3 is 0 Å². The van der Waals surface area contributed by atoms with Crippen molar-refractivity contribution in [2.45, 2.75) is 90.0 Å². The first-order valence-corrected chi connectivity index (χ1v) is 10.9. The monoisotopic (exact) mass is 413 g/mol. The number of rotatable bonds is 19. The lowest BCUT2D eigenvalue weighted by Gasteiger charge is -2.15. The summed E-state index contributed by atoms with van der Waals surface area (Å²) in [5, 5.41) is 16.2. The number of amides is 3. The Morgan fingerprint density at radius 2 is 1.38 bits per heavy atom. The molecule has 29 heavy (non-hydrogen) atoms. The number of hydrogen-bond donors (Lipinski definition) is 4. The highest BCUT2D eigenvalue weighted by atomic mass is 16.3. The summed E-state index contributed by atoms with van der Waals surface area (Å²) in [5.74, 6) is -1.43. The van der Waals surface area contributed by atoms with Crippen molar-refractivity contribution in [1.82, 2.24) is 16.0 Å². The average Bonchev–Trinajstić information content (AvgIpc) is 2.72. The van der Waals surface area contributed by atoms with E-state index in [0.717, 1.165) is 19.3 Å². The lowest BCUT2D eigenvalue weighted by molar-refractivity contribution is -0.130. The number of carbonyl (C=O) groups is 4. The van der Waals surface area contributed by atoms with E-state index in [1.54, 1.807) is 0 Å². The fourth-order valence-electron chi connectivity index (χ4n) is 2.92. The molecule has 0 spiro atoms. The summed E-state index contributed by atoms with van der Waals surface area (Å²) in [6, 6.07) is -1.15. The second-order valence-electron chi connectivity index (χ2n) is 7.28. The fraction of sp³-hybridized carbons (Fsp3) is 0.810. The number of aliphatic hydroxyl groups excluding tert-OH is 1. The highest BCUT2D eigenvalue weighted by Gasteiger charge is 2.19. The summed E-state index contributed by atoms with van der Waals surface area (Å²) in [6.45, 7) is 1.18. The third kappa shape index (κ3) is 16.7. The van der Waals surface area contributed by atoms with Crippen LogP contribution in [0.5, 0.6) is 0 Å². The maximum absolute atomic E-state index is 11.8. The van der Waals surface area contributed by atoms with Gasteiger partial charge in [-0.2, -0.15) is 0 Å². The first-order chi connectivity index (χ1) is 14.0. The van der Waals surface area contributed by atoms with Crippen LogP contribution in [0, 0.1) is 0 Å². The Morgan fingerprint density at radius 1 is 0.828 bits per heavy atom. The van der Waals surface area contributed by atoms with E-state index < -0.39 is 24.5 Å². The molecule has 0 rings (SSSR count). The van der Waals surface area contributed by atoms with Crippen LogP contribution in [0.1, 0.15) is 84.0 Å². The van der Waals surface area contributed by atoms with Crippen molar-refractivity contribution in [2.75, 3.05) is 19.7 Å². The molecule has 0 aromatic heterocycles. The van der Waals surface area contributed by atoms with Crippen molar-refractivity contribution in [1.29, 1.82) is 0 Å². The molecule has 0 aromatic carbocycles. The van der Waals surface area contributed by atoms with Crippen molar-refractivity contribution in [2.24, 2.45) is 0 Å². The number of aliphatic hydroxyl groups is 1. The van der Waals surface area contributed by atoms with Crippen molar-refractivity contribution < 1.29 is 24.3 Å². The summed E-state index contributed by atoms with van der Waals surface area (Å²) in [5.41, 5.74) is 0. The topological polar surface area (TPSA) is 125 Å². The molecular formula is C21H39N3O5. The number of unbranched alkanes of at least 4 members (excludes halogenated alkanes) is 10. The zero-order chi connectivity index (χ0) is 21.7. The molecule has 3 amide bonds. The fourth-order valence-corrected chi connectivity index (χ4v) is 2.92. The van der Waals surface area contributed by atoms with Gasteiger partial charge in [0.05, 0.1) is 19.7 Å². The van der Waals surface area contributed by atoms with Gasteiger partial charge in [0.25, 0.3) is 0 Å². The molecule has 168 valence electrons. The molecule has 0 bridgehead atoms. The second-order valence-corrected chi connectivity index (χ2v) is 7.28. The van der Waals surface area contributed by atoms with Gasteiger partial charge in [-0.05, 0) is 6.42 Å². The molecule has 0 saturated carbocycles. The molecule has 0 aliphatic rings. The largest absolute Gasteiger partial charge is 0.394 e. The average molecular weight is 414 g/mol. The van der Waals surface area contributed by atoms with E-state index in [1.165, 1.54) is 51.4 Å². The molecule has 0 saturated heterocycles. The van der Waals surface area contributed by atoms with Crippen LogP contribution < -0.4 is 16.0 Å². The van der Waals surface area contributed by atoms with Crippen LogP contribution in [0.2, 0.25) is 0 Å². The third-order valence-corrected chi connectivity index (χ3v) is 4.65. The van der Waals surface area contributed by atoms with Gasteiger partial charge in [0.15, 0.2) is 0 Å². The van der Waals surface area contributed by atoms with E-state index in [9.17, 15) is 19.2 Å². The SMILES string of the molecule is CCCCCCCCCCCCCC(=O)NCC(=O)N[C@@H](CO)C(=O)NCC=O. The van der Waals surface area contributed by atoms with Crippen molar-refractivity contribution in [3.05, 3.63) is 0 Å². The molecular weight excluding hydrogens is 374 g/mol. The summed E-state index contributed by atoms with van der Waals surface area (Å²) in [6.07, 6.45) is 14.1. The summed E-state index contributed by atoms with van der Waals surface area (Å²) in [7, 11) is 0. The quantitative estimate of drug-likeness (QED) is 0.189. The molecule has 1 atom stereocenters. The predicted octanol–water partition coefficient (Wildman–Crippen LogP) is 1.60. The van der Waals surface area contributed by atoms with E-state index in [-0.39, 0.29) is 19.0 Å². The van der Waals surface area contributed by atoms with Crippen LogP contribution in [0.4, 0.5) is 0 Å². The summed E-state index contributed by atoms with van der Waals surface area (Å²) < 4.78 is 0. The Hall–Kier alpha value is -1.96. The van der Waals surface area contributed by atoms with Gasteiger partial charge in [-0.25, -0.2) is 0 Å². The zero-order valence-corrected chi connectivity index (χ0v) is 17.8. The smallest absolute Gasteiger partial charge is 0.245 e. The minimum atomic E-state index is -1.15. The molecule has 0 aliphatic carbocycles. The Kier molecular flexibility index (Phi) is 18.1. The molecule has 8 nitrogen and oxygen atoms in total. The molecule has 0 aliphatic heterocycles. The van der Waals surface area contributed by atoms with E-state index in [0.29, 0.717) is 12.7 Å². The van der Waals surface area contributed by atoms with Crippen molar-refractivity contribution in [3.8, 4) is 0 Å². The molecule has 4 N–H and O–H groups in total. The Bertz CT molecular complexity index is 471. The molecule has 8 heteroatoms. The van der Waals surface area contributed by atoms with Gasteiger partial charge in [-0.1, -0.05) is 71.1 Å². The van der Waals surface area contributed by atoms with Gasteiger partial charge in [-0.3, -0.25) is 14.4 Å². The lowest BCUT2D eigenvalue weighted by Crippen LogP contribution is -2.51. The standard InChI is InChI=1S/C21H39N3O5/c1-2-3-4-5-6-7-8-9-10-11-12-13-19(27)23-16-20(28)24-18(17-26)21(29)22-14-15-25/h15,18,26H,2-14,16-17H2,1H3,(H,22,29)(H,23,27)(H,24,28)/t18-/m0/s1. The van der Waals surface area contributed by atoms with Crippen LogP contribution in [0.3, 0.4) is 0 Å². The predicted molar refractivity (Wildman–Crippen MR) is 112 cm³/mol. The zero-order valence-electron chi connectivity index (χ0n) is 17.8. The van der Waals surface area contributed by atoms with Crippen LogP contribution in [0.15, 0.2) is 0 Å². The van der Waals surface area contributed by atoms with Crippen LogP contribution in [-0.4, -0.2) is 54.9 Å². The molecule has 0 heterocycles. The van der Waals surface area contributed by atoms with E-state index >= 15 is 0 Å². The Labute approximate surface area is 174 Å². The highest BCUT2D eigenvalue weighted by molar-refractivity contribution is 5.90. The van der Waals surface area contributed by atoms with Crippen LogP contribution >= 0.6 is 0 Å². The Morgan fingerprint density at radius 3 is 1.90 bits per heavy atom. The van der Waals surface area contributed by atoms with Gasteiger partial charge in [0.2, 0.25) is 17.7 Å². The maximum Gasteiger partial charge on any atom is 0.245 e. The Balaban J connectivity index is 3.66. The van der Waals surface area contributed by atoms with Gasteiger partial charge in [0.1, 0.15) is 12.3 Å². The van der Waals surface area contributed by atoms with E-state index in [2.05, 4.69) is 22.9 Å². The maximum atomic E-state index is 11.8. The molecule has 0 aromatic rings. The van der Waals surface area contributed by atoms with Gasteiger partial charge in [-0.15, -0.1) is 0 Å². The molecule has 0 radical (unpaired) electrons. The third-order valence-electron chi connectivity index (χ3n) is 4.65. The highest BCUT2D eigenvalue weighted by Crippen LogP contribution is 2.11. The number of aldehydes is 1. The van der Waals surface area contributed by atoms with Crippen molar-refractivity contribution in [3.63, 3.8) is 0 Å². The second kappa shape index (κ2) is 19.4. The minimum Gasteiger partial charge on any atom is -0.394 e.